The Kier molecular flexibility index (Phi) is 5.56. The van der Waals surface area contributed by atoms with Gasteiger partial charge in [-0.15, -0.1) is 12.4 Å². The van der Waals surface area contributed by atoms with E-state index in [1.807, 2.05) is 24.0 Å². The van der Waals surface area contributed by atoms with Crippen LogP contribution in [0.15, 0.2) is 30.5 Å². The summed E-state index contributed by atoms with van der Waals surface area (Å²) in [6.07, 6.45) is 1.93. The molecule has 1 aliphatic heterocycles. The van der Waals surface area contributed by atoms with Crippen molar-refractivity contribution < 1.29 is 4.39 Å². The monoisotopic (exact) mass is 324 g/mol. The number of nitrogens with one attached hydrogen (secondary N) is 1. The first-order valence-corrected chi connectivity index (χ1v) is 7.33. The molecule has 120 valence electrons. The third-order valence-electron chi connectivity index (χ3n) is 4.30. The van der Waals surface area contributed by atoms with Gasteiger partial charge in [0.15, 0.2) is 0 Å². The third-order valence-corrected chi connectivity index (χ3v) is 4.30. The zero-order valence-corrected chi connectivity index (χ0v) is 13.7. The molecule has 3 rings (SSSR count). The summed E-state index contributed by atoms with van der Waals surface area (Å²) in [6, 6.07) is 7.13. The van der Waals surface area contributed by atoms with E-state index in [0.29, 0.717) is 0 Å². The summed E-state index contributed by atoms with van der Waals surface area (Å²) < 4.78 is 15.4. The highest BCUT2D eigenvalue weighted by atomic mass is 35.5. The molecule has 2 aromatic rings. The second-order valence-electron chi connectivity index (χ2n) is 5.62. The topological polar surface area (TPSA) is 33.1 Å². The van der Waals surface area contributed by atoms with E-state index < -0.39 is 0 Å². The minimum Gasteiger partial charge on any atom is -0.314 e. The largest absolute Gasteiger partial charge is 0.314 e. The zero-order chi connectivity index (χ0) is 14.8. The summed E-state index contributed by atoms with van der Waals surface area (Å²) in [5, 5.41) is 7.71. The molecule has 0 radical (unpaired) electrons. The van der Waals surface area contributed by atoms with Gasteiger partial charge in [0.25, 0.3) is 0 Å². The number of aromatic nitrogens is 2. The highest BCUT2D eigenvalue weighted by Gasteiger charge is 2.25. The first-order valence-electron chi connectivity index (χ1n) is 7.33. The molecule has 1 aromatic heterocycles. The molecule has 1 atom stereocenters. The molecule has 0 aliphatic carbocycles. The molecule has 22 heavy (non-hydrogen) atoms. The Balaban J connectivity index is 0.00000176. The molecule has 6 heteroatoms. The second kappa shape index (κ2) is 7.22. The molecule has 2 heterocycles. The summed E-state index contributed by atoms with van der Waals surface area (Å²) in [6.45, 7) is 5.70. The lowest BCUT2D eigenvalue weighted by Crippen LogP contribution is -2.45. The predicted molar refractivity (Wildman–Crippen MR) is 87.6 cm³/mol. The second-order valence-corrected chi connectivity index (χ2v) is 5.62. The van der Waals surface area contributed by atoms with E-state index in [-0.39, 0.29) is 24.3 Å². The smallest absolute Gasteiger partial charge is 0.123 e. The van der Waals surface area contributed by atoms with Crippen molar-refractivity contribution in [1.29, 1.82) is 0 Å². The van der Waals surface area contributed by atoms with Crippen LogP contribution in [0.3, 0.4) is 0 Å². The van der Waals surface area contributed by atoms with Gasteiger partial charge in [-0.2, -0.15) is 5.10 Å². The van der Waals surface area contributed by atoms with Crippen molar-refractivity contribution in [3.8, 4) is 0 Å². The van der Waals surface area contributed by atoms with Gasteiger partial charge in [-0.25, -0.2) is 4.39 Å². The van der Waals surface area contributed by atoms with Crippen LogP contribution in [0, 0.1) is 12.7 Å². The summed E-state index contributed by atoms with van der Waals surface area (Å²) in [7, 11) is 1.96. The van der Waals surface area contributed by atoms with E-state index in [2.05, 4.69) is 22.2 Å². The molecule has 1 fully saturated rings. The van der Waals surface area contributed by atoms with Crippen LogP contribution >= 0.6 is 12.4 Å². The maximum absolute atomic E-state index is 13.5. The third kappa shape index (κ3) is 3.48. The van der Waals surface area contributed by atoms with Gasteiger partial charge in [-0.3, -0.25) is 9.58 Å². The molecule has 0 spiro atoms. The van der Waals surface area contributed by atoms with Gasteiger partial charge in [0.2, 0.25) is 0 Å². The van der Waals surface area contributed by atoms with Crippen LogP contribution in [-0.2, 0) is 13.6 Å². The molecule has 1 aromatic carbocycles. The fourth-order valence-corrected chi connectivity index (χ4v) is 2.90. The molecular formula is C16H22ClFN4. The van der Waals surface area contributed by atoms with Crippen LogP contribution < -0.4 is 5.32 Å². The highest BCUT2D eigenvalue weighted by Crippen LogP contribution is 2.25. The van der Waals surface area contributed by atoms with Crippen molar-refractivity contribution >= 4 is 12.4 Å². The maximum Gasteiger partial charge on any atom is 0.123 e. The van der Waals surface area contributed by atoms with Crippen LogP contribution in [0.25, 0.3) is 0 Å². The zero-order valence-electron chi connectivity index (χ0n) is 12.9. The fraction of sp³-hybridized carbons (Fsp3) is 0.438. The van der Waals surface area contributed by atoms with Crippen LogP contribution in [0.2, 0.25) is 0 Å². The normalized spacial score (nSPS) is 19.0. The lowest BCUT2D eigenvalue weighted by Gasteiger charge is -2.36. The number of benzene rings is 1. The summed E-state index contributed by atoms with van der Waals surface area (Å²) in [4.78, 5) is 2.40. The Morgan fingerprint density at radius 1 is 1.41 bits per heavy atom. The average molecular weight is 325 g/mol. The van der Waals surface area contributed by atoms with Gasteiger partial charge in [0, 0.05) is 50.5 Å². The van der Waals surface area contributed by atoms with Crippen molar-refractivity contribution in [2.24, 2.45) is 7.05 Å². The Labute approximate surface area is 136 Å². The van der Waals surface area contributed by atoms with Gasteiger partial charge in [0.1, 0.15) is 5.82 Å². The maximum atomic E-state index is 13.5. The Hall–Kier alpha value is -1.43. The molecule has 1 N–H and O–H groups in total. The van der Waals surface area contributed by atoms with Gasteiger partial charge in [-0.1, -0.05) is 12.1 Å². The minimum absolute atomic E-state index is 0. The highest BCUT2D eigenvalue weighted by molar-refractivity contribution is 5.85. The number of hydrogen-bond acceptors (Lipinski definition) is 3. The number of rotatable bonds is 3. The number of nitrogens with zero attached hydrogens (tertiary/aromatic N) is 3. The van der Waals surface area contributed by atoms with E-state index >= 15 is 0 Å². The lowest BCUT2D eigenvalue weighted by molar-refractivity contribution is 0.153. The van der Waals surface area contributed by atoms with Crippen molar-refractivity contribution in [3.63, 3.8) is 0 Å². The molecule has 0 bridgehead atoms. The van der Waals surface area contributed by atoms with Gasteiger partial charge < -0.3 is 5.32 Å². The fourth-order valence-electron chi connectivity index (χ4n) is 2.90. The molecule has 1 saturated heterocycles. The number of hydrogen-bond donors (Lipinski definition) is 1. The van der Waals surface area contributed by atoms with E-state index in [0.717, 1.165) is 31.7 Å². The Morgan fingerprint density at radius 3 is 2.91 bits per heavy atom. The van der Waals surface area contributed by atoms with Crippen LogP contribution in [0.1, 0.15) is 22.9 Å². The van der Waals surface area contributed by atoms with Crippen LogP contribution in [0.5, 0.6) is 0 Å². The van der Waals surface area contributed by atoms with Crippen molar-refractivity contribution in [1.82, 2.24) is 20.0 Å². The quantitative estimate of drug-likeness (QED) is 0.941. The molecule has 1 unspecified atom stereocenters. The average Bonchev–Trinajstić information content (AvgIpc) is 2.80. The number of aryl methyl sites for hydroxylation is 1. The van der Waals surface area contributed by atoms with E-state index in [9.17, 15) is 4.39 Å². The van der Waals surface area contributed by atoms with Gasteiger partial charge in [-0.05, 0) is 24.6 Å². The minimum atomic E-state index is -0.171. The Morgan fingerprint density at radius 2 is 2.23 bits per heavy atom. The molecule has 0 amide bonds. The van der Waals surface area contributed by atoms with Crippen molar-refractivity contribution in [3.05, 3.63) is 53.1 Å². The number of halogens is 2. The number of piperazine rings is 1. The first-order chi connectivity index (χ1) is 10.1. The van der Waals surface area contributed by atoms with E-state index in [4.69, 9.17) is 0 Å². The standard InChI is InChI=1S/C16H21FN4.ClH/c1-12-14(9-19-20(12)2)11-21-7-6-18-10-16(21)13-4-3-5-15(17)8-13;/h3-5,8-9,16,18H,6-7,10-11H2,1-2H3;1H. The molecule has 4 nitrogen and oxygen atoms in total. The van der Waals surface area contributed by atoms with Gasteiger partial charge in [0.05, 0.1) is 6.20 Å². The summed E-state index contributed by atoms with van der Waals surface area (Å²) >= 11 is 0. The molecule has 1 aliphatic rings. The van der Waals surface area contributed by atoms with Crippen molar-refractivity contribution in [2.45, 2.75) is 19.5 Å². The predicted octanol–water partition coefficient (Wildman–Crippen LogP) is 2.44. The van der Waals surface area contributed by atoms with Crippen LogP contribution in [-0.4, -0.2) is 34.3 Å². The van der Waals surface area contributed by atoms with E-state index in [1.165, 1.54) is 17.3 Å². The van der Waals surface area contributed by atoms with Crippen molar-refractivity contribution in [2.75, 3.05) is 19.6 Å². The SMILES string of the molecule is Cc1c(CN2CCNCC2c2cccc(F)c2)cnn1C.Cl. The molecular weight excluding hydrogens is 303 g/mol. The van der Waals surface area contributed by atoms with E-state index in [1.54, 1.807) is 12.1 Å². The Bertz CT molecular complexity index is 628. The van der Waals surface area contributed by atoms with Crippen LogP contribution in [0.4, 0.5) is 4.39 Å². The lowest BCUT2D eigenvalue weighted by atomic mass is 10.0. The van der Waals surface area contributed by atoms with Gasteiger partial charge >= 0.3 is 0 Å². The molecule has 0 saturated carbocycles. The summed E-state index contributed by atoms with van der Waals surface area (Å²) in [5.74, 6) is -0.171. The summed E-state index contributed by atoms with van der Waals surface area (Å²) in [5.41, 5.74) is 3.45. The first kappa shape index (κ1) is 16.9.